The third-order valence-corrected chi connectivity index (χ3v) is 4.18. The van der Waals surface area contributed by atoms with Gasteiger partial charge in [0.25, 0.3) is 11.5 Å². The Morgan fingerprint density at radius 2 is 2.08 bits per heavy atom. The summed E-state index contributed by atoms with van der Waals surface area (Å²) in [6.07, 6.45) is 3.56. The van der Waals surface area contributed by atoms with E-state index in [9.17, 15) is 9.59 Å². The lowest BCUT2D eigenvalue weighted by Gasteiger charge is -2.16. The Hall–Kier alpha value is -3.22. The first-order valence-corrected chi connectivity index (χ1v) is 7.94. The molecule has 3 rings (SSSR count). The van der Waals surface area contributed by atoms with Crippen LogP contribution in [0, 0.1) is 13.8 Å². The van der Waals surface area contributed by atoms with Crippen LogP contribution >= 0.6 is 0 Å². The van der Waals surface area contributed by atoms with Crippen molar-refractivity contribution in [3.05, 3.63) is 75.5 Å². The molecular formula is C18H19N5O2. The molecule has 0 spiro atoms. The maximum atomic E-state index is 12.6. The van der Waals surface area contributed by atoms with Crippen molar-refractivity contribution >= 4 is 5.91 Å². The molecule has 0 aliphatic heterocycles. The zero-order valence-electron chi connectivity index (χ0n) is 14.3. The van der Waals surface area contributed by atoms with E-state index in [1.165, 1.54) is 0 Å². The van der Waals surface area contributed by atoms with Gasteiger partial charge in [-0.1, -0.05) is 12.1 Å². The van der Waals surface area contributed by atoms with Crippen molar-refractivity contribution in [2.75, 3.05) is 0 Å². The average molecular weight is 337 g/mol. The van der Waals surface area contributed by atoms with Crippen molar-refractivity contribution < 1.29 is 4.79 Å². The largest absolute Gasteiger partial charge is 0.345 e. The predicted octanol–water partition coefficient (Wildman–Crippen LogP) is 2.06. The molecule has 1 amide bonds. The van der Waals surface area contributed by atoms with E-state index >= 15 is 0 Å². The molecule has 2 N–H and O–H groups in total. The van der Waals surface area contributed by atoms with Gasteiger partial charge in [-0.15, -0.1) is 0 Å². The van der Waals surface area contributed by atoms with Crippen molar-refractivity contribution in [1.29, 1.82) is 0 Å². The summed E-state index contributed by atoms with van der Waals surface area (Å²) in [5.41, 5.74) is 2.64. The van der Waals surface area contributed by atoms with Crippen molar-refractivity contribution in [3.8, 4) is 5.69 Å². The number of nitrogens with one attached hydrogen (secondary N) is 2. The predicted molar refractivity (Wildman–Crippen MR) is 93.8 cm³/mol. The van der Waals surface area contributed by atoms with Crippen molar-refractivity contribution in [2.24, 2.45) is 0 Å². The highest BCUT2D eigenvalue weighted by molar-refractivity contribution is 5.95. The normalized spacial score (nSPS) is 12.0. The number of amides is 1. The van der Waals surface area contributed by atoms with Gasteiger partial charge in [0.1, 0.15) is 5.56 Å². The van der Waals surface area contributed by atoms with Gasteiger partial charge in [0.2, 0.25) is 0 Å². The van der Waals surface area contributed by atoms with E-state index in [1.807, 2.05) is 43.5 Å². The molecule has 1 unspecified atom stereocenters. The molecule has 3 aromatic rings. The number of aromatic amines is 1. The second-order valence-electron chi connectivity index (χ2n) is 5.88. The summed E-state index contributed by atoms with van der Waals surface area (Å²) in [4.78, 5) is 24.5. The van der Waals surface area contributed by atoms with Crippen LogP contribution in [-0.2, 0) is 0 Å². The molecule has 0 fully saturated rings. The summed E-state index contributed by atoms with van der Waals surface area (Å²) in [7, 11) is 0. The molecule has 0 radical (unpaired) electrons. The average Bonchev–Trinajstić information content (AvgIpc) is 3.13. The number of hydrogen-bond donors (Lipinski definition) is 2. The molecule has 2 aromatic heterocycles. The first kappa shape index (κ1) is 16.6. The third-order valence-electron chi connectivity index (χ3n) is 4.18. The highest BCUT2D eigenvalue weighted by Gasteiger charge is 2.18. The standard InChI is InChI=1S/C18H19N5O2/c1-11-12(2)21-22-18(25)16(11)17(24)20-13(3)14-6-4-7-15(10-14)23-9-5-8-19-23/h4-10,13H,1-3H3,(H,20,24)(H,22,25). The fourth-order valence-corrected chi connectivity index (χ4v) is 2.61. The van der Waals surface area contributed by atoms with E-state index in [2.05, 4.69) is 20.6 Å². The fourth-order valence-electron chi connectivity index (χ4n) is 2.61. The number of benzene rings is 1. The topological polar surface area (TPSA) is 92.7 Å². The Morgan fingerprint density at radius 3 is 2.80 bits per heavy atom. The van der Waals surface area contributed by atoms with Crippen LogP contribution in [0.3, 0.4) is 0 Å². The van der Waals surface area contributed by atoms with Crippen LogP contribution in [0.1, 0.15) is 40.1 Å². The van der Waals surface area contributed by atoms with Gasteiger partial charge in [-0.25, -0.2) is 9.78 Å². The van der Waals surface area contributed by atoms with Gasteiger partial charge in [-0.2, -0.15) is 10.2 Å². The highest BCUT2D eigenvalue weighted by Crippen LogP contribution is 2.17. The first-order chi connectivity index (χ1) is 12.0. The molecule has 0 saturated heterocycles. The Balaban J connectivity index is 1.85. The van der Waals surface area contributed by atoms with E-state index in [1.54, 1.807) is 24.7 Å². The number of hydrogen-bond acceptors (Lipinski definition) is 4. The summed E-state index contributed by atoms with van der Waals surface area (Å²) < 4.78 is 1.75. The van der Waals surface area contributed by atoms with Crippen LogP contribution in [0.5, 0.6) is 0 Å². The van der Waals surface area contributed by atoms with E-state index < -0.39 is 11.5 Å². The van der Waals surface area contributed by atoms with Gasteiger partial charge < -0.3 is 5.32 Å². The lowest BCUT2D eigenvalue weighted by atomic mass is 10.1. The van der Waals surface area contributed by atoms with Crippen LogP contribution in [0.15, 0.2) is 47.5 Å². The van der Waals surface area contributed by atoms with Crippen LogP contribution < -0.4 is 10.9 Å². The summed E-state index contributed by atoms with van der Waals surface area (Å²) >= 11 is 0. The summed E-state index contributed by atoms with van der Waals surface area (Å²) in [6, 6.07) is 9.30. The van der Waals surface area contributed by atoms with E-state index in [0.717, 1.165) is 11.3 Å². The third kappa shape index (κ3) is 3.35. The second-order valence-corrected chi connectivity index (χ2v) is 5.88. The number of aromatic nitrogens is 4. The minimum Gasteiger partial charge on any atom is -0.345 e. The van der Waals surface area contributed by atoms with Crippen molar-refractivity contribution in [2.45, 2.75) is 26.8 Å². The summed E-state index contributed by atoms with van der Waals surface area (Å²) in [6.45, 7) is 5.34. The molecule has 25 heavy (non-hydrogen) atoms. The van der Waals surface area contributed by atoms with Gasteiger partial charge in [-0.05, 0) is 50.1 Å². The first-order valence-electron chi connectivity index (χ1n) is 7.94. The van der Waals surface area contributed by atoms with Crippen LogP contribution in [-0.4, -0.2) is 25.9 Å². The molecule has 2 heterocycles. The maximum absolute atomic E-state index is 12.6. The SMILES string of the molecule is Cc1n[nH]c(=O)c(C(=O)NC(C)c2cccc(-n3cccn3)c2)c1C. The van der Waals surface area contributed by atoms with Gasteiger partial charge in [0.05, 0.1) is 17.4 Å². The van der Waals surface area contributed by atoms with E-state index in [4.69, 9.17) is 0 Å². The molecule has 1 atom stereocenters. The number of rotatable bonds is 4. The quantitative estimate of drug-likeness (QED) is 0.762. The maximum Gasteiger partial charge on any atom is 0.277 e. The zero-order valence-corrected chi connectivity index (χ0v) is 14.3. The second kappa shape index (κ2) is 6.72. The van der Waals surface area contributed by atoms with E-state index in [-0.39, 0.29) is 11.6 Å². The lowest BCUT2D eigenvalue weighted by Crippen LogP contribution is -2.33. The van der Waals surface area contributed by atoms with Gasteiger partial charge in [0.15, 0.2) is 0 Å². The highest BCUT2D eigenvalue weighted by atomic mass is 16.2. The summed E-state index contributed by atoms with van der Waals surface area (Å²) in [5.74, 6) is -0.416. The smallest absolute Gasteiger partial charge is 0.277 e. The number of nitrogens with zero attached hydrogens (tertiary/aromatic N) is 3. The summed E-state index contributed by atoms with van der Waals surface area (Å²) in [5, 5.41) is 13.3. The molecular weight excluding hydrogens is 318 g/mol. The zero-order chi connectivity index (χ0) is 18.0. The van der Waals surface area contributed by atoms with Crippen molar-refractivity contribution in [1.82, 2.24) is 25.3 Å². The fraction of sp³-hybridized carbons (Fsp3) is 0.222. The molecule has 0 saturated carbocycles. The molecule has 128 valence electrons. The van der Waals surface area contributed by atoms with Crippen LogP contribution in [0.4, 0.5) is 0 Å². The number of carbonyl (C=O) groups is 1. The molecule has 0 aliphatic carbocycles. The number of carbonyl (C=O) groups excluding carboxylic acids is 1. The van der Waals surface area contributed by atoms with Gasteiger partial charge >= 0.3 is 0 Å². The van der Waals surface area contributed by atoms with Gasteiger partial charge in [0, 0.05) is 12.4 Å². The van der Waals surface area contributed by atoms with Crippen molar-refractivity contribution in [3.63, 3.8) is 0 Å². The Kier molecular flexibility index (Phi) is 4.47. The number of aryl methyl sites for hydroxylation is 1. The van der Waals surface area contributed by atoms with Gasteiger partial charge in [-0.3, -0.25) is 9.59 Å². The molecule has 0 aliphatic rings. The molecule has 1 aromatic carbocycles. The lowest BCUT2D eigenvalue weighted by molar-refractivity contribution is 0.0937. The molecule has 7 heteroatoms. The minimum atomic E-state index is -0.488. The molecule has 7 nitrogen and oxygen atoms in total. The van der Waals surface area contributed by atoms with Crippen LogP contribution in [0.2, 0.25) is 0 Å². The Labute approximate surface area is 144 Å². The Bertz CT molecular complexity index is 960. The number of H-pyrrole nitrogens is 1. The minimum absolute atomic E-state index is 0.0996. The molecule has 0 bridgehead atoms. The van der Waals surface area contributed by atoms with E-state index in [0.29, 0.717) is 11.3 Å². The monoisotopic (exact) mass is 337 g/mol. The van der Waals surface area contributed by atoms with Crippen LogP contribution in [0.25, 0.3) is 5.69 Å². The Morgan fingerprint density at radius 1 is 1.28 bits per heavy atom.